The Labute approximate surface area is 156 Å². The molecule has 0 saturated carbocycles. The maximum Gasteiger partial charge on any atom is 0.350 e. The number of anilines is 1. The average Bonchev–Trinajstić information content (AvgIpc) is 2.60. The van der Waals surface area contributed by atoms with Gasteiger partial charge < -0.3 is 14.8 Å². The lowest BCUT2D eigenvalue weighted by Gasteiger charge is -2.11. The van der Waals surface area contributed by atoms with Crippen LogP contribution in [0.25, 0.3) is 0 Å². The molecule has 0 aliphatic rings. The molecule has 0 aromatic heterocycles. The predicted molar refractivity (Wildman–Crippen MR) is 95.6 cm³/mol. The van der Waals surface area contributed by atoms with E-state index in [1.165, 1.54) is 12.1 Å². The summed E-state index contributed by atoms with van der Waals surface area (Å²) < 4.78 is 9.94. The molecule has 1 aromatic carbocycles. The Bertz CT molecular complexity index is 711. The van der Waals surface area contributed by atoms with Gasteiger partial charge in [0.25, 0.3) is 0 Å². The molecule has 0 aliphatic carbocycles. The lowest BCUT2D eigenvalue weighted by atomic mass is 10.2. The average molecular weight is 385 g/mol. The summed E-state index contributed by atoms with van der Waals surface area (Å²) in [5.74, 6) is -1.36. The van der Waals surface area contributed by atoms with E-state index in [9.17, 15) is 9.59 Å². The molecule has 0 amide bonds. The zero-order valence-electron chi connectivity index (χ0n) is 13.9. The molecule has 0 bridgehead atoms. The molecule has 1 aromatic rings. The van der Waals surface area contributed by atoms with Crippen molar-refractivity contribution in [2.24, 2.45) is 0 Å². The number of benzene rings is 1. The first kappa shape index (κ1) is 20.8. The Kier molecular flexibility index (Phi) is 8.82. The monoisotopic (exact) mass is 384 g/mol. The highest BCUT2D eigenvalue weighted by atomic mass is 35.5. The maximum atomic E-state index is 12.0. The van der Waals surface area contributed by atoms with E-state index in [1.807, 2.05) is 13.8 Å². The van der Waals surface area contributed by atoms with Crippen LogP contribution in [0.4, 0.5) is 5.69 Å². The lowest BCUT2D eigenvalue weighted by molar-refractivity contribution is -0.138. The third kappa shape index (κ3) is 6.29. The number of hydrogen-bond donors (Lipinski definition) is 1. The Balaban J connectivity index is 3.03. The minimum Gasteiger partial charge on any atom is -0.462 e. The maximum absolute atomic E-state index is 12.0. The smallest absolute Gasteiger partial charge is 0.350 e. The predicted octanol–water partition coefficient (Wildman–Crippen LogP) is 4.33. The van der Waals surface area contributed by atoms with Gasteiger partial charge in [-0.1, -0.05) is 37.0 Å². The van der Waals surface area contributed by atoms with Crippen LogP contribution in [0, 0.1) is 11.3 Å². The van der Waals surface area contributed by atoms with Crippen LogP contribution in [0.15, 0.2) is 23.9 Å². The van der Waals surface area contributed by atoms with Crippen molar-refractivity contribution in [2.45, 2.75) is 26.7 Å². The fourth-order valence-corrected chi connectivity index (χ4v) is 2.13. The second kappa shape index (κ2) is 10.6. The molecule has 1 rings (SSSR count). The van der Waals surface area contributed by atoms with Gasteiger partial charge in [0.1, 0.15) is 6.07 Å². The summed E-state index contributed by atoms with van der Waals surface area (Å²) in [6.07, 6.45) is 2.46. The van der Waals surface area contributed by atoms with E-state index in [-0.39, 0.29) is 40.1 Å². The second-order valence-corrected chi connectivity index (χ2v) is 5.72. The van der Waals surface area contributed by atoms with E-state index < -0.39 is 11.9 Å². The van der Waals surface area contributed by atoms with E-state index in [4.69, 9.17) is 37.9 Å². The van der Waals surface area contributed by atoms with Crippen molar-refractivity contribution in [3.8, 4) is 6.07 Å². The van der Waals surface area contributed by atoms with Crippen molar-refractivity contribution in [3.63, 3.8) is 0 Å². The van der Waals surface area contributed by atoms with Crippen LogP contribution in [0.5, 0.6) is 0 Å². The van der Waals surface area contributed by atoms with Crippen molar-refractivity contribution in [3.05, 3.63) is 39.5 Å². The van der Waals surface area contributed by atoms with Crippen molar-refractivity contribution in [1.29, 1.82) is 5.26 Å². The van der Waals surface area contributed by atoms with Gasteiger partial charge in [0.15, 0.2) is 5.57 Å². The van der Waals surface area contributed by atoms with Crippen LogP contribution in [0.3, 0.4) is 0 Å². The molecular weight excluding hydrogens is 367 g/mol. The molecule has 8 heteroatoms. The zero-order valence-corrected chi connectivity index (χ0v) is 15.4. The molecule has 134 valence electrons. The number of carbonyl (C=O) groups excluding carboxylic acids is 2. The van der Waals surface area contributed by atoms with Crippen LogP contribution < -0.4 is 5.32 Å². The van der Waals surface area contributed by atoms with E-state index in [0.717, 1.165) is 6.20 Å². The SMILES string of the molecule is CCCOC(=O)C(C#N)=CNc1cc(Cl)cc(C(=O)OCCC)c1Cl. The second-order valence-electron chi connectivity index (χ2n) is 4.90. The van der Waals surface area contributed by atoms with Gasteiger partial charge in [0.05, 0.1) is 29.5 Å². The van der Waals surface area contributed by atoms with Gasteiger partial charge in [-0.15, -0.1) is 0 Å². The van der Waals surface area contributed by atoms with Crippen LogP contribution >= 0.6 is 23.2 Å². The minimum absolute atomic E-state index is 0.0703. The summed E-state index contributed by atoms with van der Waals surface area (Å²) >= 11 is 12.2. The highest BCUT2D eigenvalue weighted by Crippen LogP contribution is 2.31. The van der Waals surface area contributed by atoms with Crippen molar-refractivity contribution < 1.29 is 19.1 Å². The minimum atomic E-state index is -0.752. The first-order chi connectivity index (χ1) is 11.9. The fraction of sp³-hybridized carbons (Fsp3) is 0.353. The van der Waals surface area contributed by atoms with E-state index in [1.54, 1.807) is 6.07 Å². The van der Waals surface area contributed by atoms with E-state index in [0.29, 0.717) is 12.8 Å². The molecule has 0 heterocycles. The molecule has 25 heavy (non-hydrogen) atoms. The standard InChI is InChI=1S/C17H18Cl2N2O4/c1-3-5-24-16(22)11(9-20)10-21-14-8-12(18)7-13(15(14)19)17(23)25-6-4-2/h7-8,10,21H,3-6H2,1-2H3. The number of hydrogen-bond acceptors (Lipinski definition) is 6. The largest absolute Gasteiger partial charge is 0.462 e. The normalized spacial score (nSPS) is 10.8. The third-order valence-corrected chi connectivity index (χ3v) is 3.47. The highest BCUT2D eigenvalue weighted by Gasteiger charge is 2.17. The lowest BCUT2D eigenvalue weighted by Crippen LogP contribution is -2.10. The van der Waals surface area contributed by atoms with Crippen LogP contribution in [0.2, 0.25) is 10.0 Å². The number of carbonyl (C=O) groups is 2. The van der Waals surface area contributed by atoms with Crippen molar-refractivity contribution in [1.82, 2.24) is 0 Å². The molecule has 0 aliphatic heterocycles. The molecule has 0 fully saturated rings. The molecule has 6 nitrogen and oxygen atoms in total. The van der Waals surface area contributed by atoms with Gasteiger partial charge in [0.2, 0.25) is 0 Å². The summed E-state index contributed by atoms with van der Waals surface area (Å²) in [6.45, 7) is 4.17. The van der Waals surface area contributed by atoms with E-state index >= 15 is 0 Å². The Morgan fingerprint density at radius 3 is 2.44 bits per heavy atom. The Morgan fingerprint density at radius 2 is 1.84 bits per heavy atom. The van der Waals surface area contributed by atoms with Gasteiger partial charge >= 0.3 is 11.9 Å². The molecule has 1 N–H and O–H groups in total. The Hall–Kier alpha value is -2.23. The molecule has 0 saturated heterocycles. The summed E-state index contributed by atoms with van der Waals surface area (Å²) in [4.78, 5) is 23.7. The summed E-state index contributed by atoms with van der Waals surface area (Å²) in [5.41, 5.74) is 0.110. The number of nitrogens with one attached hydrogen (secondary N) is 1. The summed E-state index contributed by atoms with van der Waals surface area (Å²) in [6, 6.07) is 4.58. The molecular formula is C17H18Cl2N2O4. The van der Waals surface area contributed by atoms with Gasteiger partial charge in [-0.25, -0.2) is 9.59 Å². The van der Waals surface area contributed by atoms with Gasteiger partial charge in [0, 0.05) is 11.2 Å². The first-order valence-electron chi connectivity index (χ1n) is 7.64. The molecule has 0 unspecified atom stereocenters. The fourth-order valence-electron chi connectivity index (χ4n) is 1.67. The number of halogens is 2. The number of nitriles is 1. The first-order valence-corrected chi connectivity index (χ1v) is 8.40. The zero-order chi connectivity index (χ0) is 18.8. The third-order valence-electron chi connectivity index (χ3n) is 2.84. The molecule has 0 spiro atoms. The number of esters is 2. The van der Waals surface area contributed by atoms with Crippen molar-refractivity contribution >= 4 is 40.8 Å². The Morgan fingerprint density at radius 1 is 1.20 bits per heavy atom. The van der Waals surface area contributed by atoms with Crippen molar-refractivity contribution in [2.75, 3.05) is 18.5 Å². The highest BCUT2D eigenvalue weighted by molar-refractivity contribution is 6.38. The van der Waals surface area contributed by atoms with Gasteiger partial charge in [-0.05, 0) is 25.0 Å². The molecule has 0 atom stereocenters. The van der Waals surface area contributed by atoms with Gasteiger partial charge in [-0.3, -0.25) is 0 Å². The topological polar surface area (TPSA) is 88.4 Å². The number of ether oxygens (including phenoxy) is 2. The summed E-state index contributed by atoms with van der Waals surface area (Å²) in [7, 11) is 0. The quantitative estimate of drug-likeness (QED) is 0.407. The van der Waals surface area contributed by atoms with E-state index in [2.05, 4.69) is 5.32 Å². The summed E-state index contributed by atoms with van der Waals surface area (Å²) in [5, 5.41) is 12.1. The molecule has 0 radical (unpaired) electrons. The van der Waals surface area contributed by atoms with Crippen LogP contribution in [-0.2, 0) is 14.3 Å². The van der Waals surface area contributed by atoms with Crippen LogP contribution in [0.1, 0.15) is 37.0 Å². The number of nitrogens with zero attached hydrogens (tertiary/aromatic N) is 1. The van der Waals surface area contributed by atoms with Crippen LogP contribution in [-0.4, -0.2) is 25.2 Å². The number of rotatable bonds is 8. The van der Waals surface area contributed by atoms with Gasteiger partial charge in [-0.2, -0.15) is 5.26 Å².